The number of allylic oxidation sites excluding steroid dienone is 17. The maximum atomic E-state index is 4.46. The first kappa shape index (κ1) is 36.2. The van der Waals surface area contributed by atoms with Crippen molar-refractivity contribution in [2.24, 2.45) is 0 Å². The smallest absolute Gasteiger partial charge is 0.0543 e. The largest absolute Gasteiger partial charge is 0.385 e. The molecule has 0 saturated heterocycles. The second kappa shape index (κ2) is 18.1. The third-order valence-electron chi connectivity index (χ3n) is 9.69. The van der Waals surface area contributed by atoms with Gasteiger partial charge in [-0.25, -0.2) is 0 Å². The van der Waals surface area contributed by atoms with Crippen LogP contribution in [0.25, 0.3) is 28.8 Å². The molecule has 2 aliphatic carbocycles. The Bertz CT molecular complexity index is 2040. The molecule has 5 rings (SSSR count). The molecular weight excluding hydrogens is 605 g/mol. The van der Waals surface area contributed by atoms with Crippen LogP contribution in [0.4, 0.5) is 0 Å². The highest BCUT2D eigenvalue weighted by atomic mass is 15.0. The van der Waals surface area contributed by atoms with E-state index in [2.05, 4.69) is 172 Å². The van der Waals surface area contributed by atoms with Gasteiger partial charge in [-0.3, -0.25) is 0 Å². The van der Waals surface area contributed by atoms with Crippen LogP contribution in [-0.2, 0) is 6.42 Å². The molecule has 0 radical (unpaired) electrons. The minimum Gasteiger partial charge on any atom is -0.385 e. The molecule has 2 unspecified atom stereocenters. The molecule has 256 valence electrons. The van der Waals surface area contributed by atoms with Gasteiger partial charge in [0.15, 0.2) is 0 Å². The van der Waals surface area contributed by atoms with Crippen LogP contribution in [-0.4, -0.2) is 11.1 Å². The molecule has 0 amide bonds. The molecule has 2 heteroatoms. The van der Waals surface area contributed by atoms with Crippen LogP contribution >= 0.6 is 0 Å². The first-order valence-corrected chi connectivity index (χ1v) is 18.3. The number of fused-ring (bicyclic) bond motifs is 3. The van der Waals surface area contributed by atoms with Gasteiger partial charge < -0.3 is 9.88 Å². The van der Waals surface area contributed by atoms with Crippen LogP contribution in [0.3, 0.4) is 0 Å². The summed E-state index contributed by atoms with van der Waals surface area (Å²) in [5.74, 6) is 0.741. The van der Waals surface area contributed by atoms with Crippen LogP contribution in [0.1, 0.15) is 81.9 Å². The van der Waals surface area contributed by atoms with Crippen LogP contribution in [0.5, 0.6) is 0 Å². The predicted octanol–water partition coefficient (Wildman–Crippen LogP) is 11.0. The molecule has 0 spiro atoms. The van der Waals surface area contributed by atoms with E-state index >= 15 is 0 Å². The van der Waals surface area contributed by atoms with Gasteiger partial charge in [0, 0.05) is 45.7 Å². The molecular formula is C48H54N2. The summed E-state index contributed by atoms with van der Waals surface area (Å²) in [4.78, 5) is 0. The third kappa shape index (κ3) is 8.74. The monoisotopic (exact) mass is 658 g/mol. The molecule has 0 aliphatic heterocycles. The molecule has 2 atom stereocenters. The normalized spacial score (nSPS) is 18.2. The highest BCUT2D eigenvalue weighted by Gasteiger charge is 2.18. The Kier molecular flexibility index (Phi) is 13.1. The molecule has 1 aromatic heterocycles. The summed E-state index contributed by atoms with van der Waals surface area (Å²) in [6, 6.07) is 16.2. The minimum atomic E-state index is 0.328. The lowest BCUT2D eigenvalue weighted by atomic mass is 9.86. The van der Waals surface area contributed by atoms with E-state index in [0.29, 0.717) is 11.8 Å². The summed E-state index contributed by atoms with van der Waals surface area (Å²) in [5, 5.41) is 7.29. The fraction of sp³-hybridized carbons (Fsp3) is 0.250. The zero-order valence-electron chi connectivity index (χ0n) is 30.5. The van der Waals surface area contributed by atoms with Gasteiger partial charge in [0.25, 0.3) is 0 Å². The lowest BCUT2D eigenvalue weighted by Crippen LogP contribution is -2.31. The van der Waals surface area contributed by atoms with E-state index < -0.39 is 0 Å². The maximum absolute atomic E-state index is 4.46. The van der Waals surface area contributed by atoms with Crippen molar-refractivity contribution >= 4 is 28.8 Å². The van der Waals surface area contributed by atoms with Crippen LogP contribution in [0, 0.1) is 0 Å². The number of benzene rings is 2. The van der Waals surface area contributed by atoms with E-state index in [4.69, 9.17) is 0 Å². The van der Waals surface area contributed by atoms with Crippen molar-refractivity contribution in [2.45, 2.75) is 71.6 Å². The molecule has 1 N–H and O–H groups in total. The molecule has 2 nitrogen and oxygen atoms in total. The van der Waals surface area contributed by atoms with Crippen molar-refractivity contribution in [1.82, 2.24) is 9.88 Å². The molecule has 0 fully saturated rings. The van der Waals surface area contributed by atoms with Gasteiger partial charge in [0.1, 0.15) is 0 Å². The van der Waals surface area contributed by atoms with Gasteiger partial charge in [0.2, 0.25) is 0 Å². The molecule has 1 heterocycles. The number of nitrogens with one attached hydrogen (secondary N) is 1. The number of hydrogen-bond donors (Lipinski definition) is 1. The topological polar surface area (TPSA) is 17.0 Å². The van der Waals surface area contributed by atoms with E-state index in [1.54, 1.807) is 0 Å². The Morgan fingerprint density at radius 3 is 2.34 bits per heavy atom. The highest BCUT2D eigenvalue weighted by Crippen LogP contribution is 2.32. The Morgan fingerprint density at radius 1 is 0.900 bits per heavy atom. The number of aromatic nitrogens is 1. The Morgan fingerprint density at radius 2 is 1.66 bits per heavy atom. The van der Waals surface area contributed by atoms with Gasteiger partial charge in [-0.2, -0.15) is 0 Å². The van der Waals surface area contributed by atoms with Gasteiger partial charge in [-0.05, 0) is 86.4 Å². The second-order valence-corrected chi connectivity index (χ2v) is 13.1. The third-order valence-corrected chi connectivity index (χ3v) is 9.69. The van der Waals surface area contributed by atoms with Gasteiger partial charge in [-0.15, -0.1) is 0 Å². The average molecular weight is 659 g/mol. The summed E-state index contributed by atoms with van der Waals surface area (Å²) in [6.45, 7) is 17.7. The maximum Gasteiger partial charge on any atom is 0.0543 e. The Hall–Kier alpha value is -5.08. The average Bonchev–Trinajstić information content (AvgIpc) is 3.48. The van der Waals surface area contributed by atoms with E-state index in [-0.39, 0.29) is 0 Å². The molecule has 50 heavy (non-hydrogen) atoms. The standard InChI is InChI=1S/C48H54N2/c1-7-12-19-36(6)50-47-32-30-43(42-28-26-41(27-29-42)40-24-22-39(23-25-40)38(10-4)17-8-2)35-46(47)45-31-21-37(34-48(45)50)20-15-13-14-16-33-49-44(11-5)18-9-3/h7-8,10-17,19,21-24,26-29,31-32,34-35,40,43,49H,1,6,9,18,20,25,30,33H2,2-5H3/b15-13-,16-14-,17-8-,19-12-,38-10+,44-11+. The summed E-state index contributed by atoms with van der Waals surface area (Å²) in [7, 11) is 0. The van der Waals surface area contributed by atoms with Crippen molar-refractivity contribution in [1.29, 1.82) is 0 Å². The van der Waals surface area contributed by atoms with E-state index in [1.807, 2.05) is 18.2 Å². The van der Waals surface area contributed by atoms with Crippen LogP contribution < -0.4 is 15.9 Å². The number of nitrogens with zero attached hydrogens (tertiary/aromatic N) is 1. The van der Waals surface area contributed by atoms with Gasteiger partial charge in [-0.1, -0.05) is 154 Å². The SMILES string of the molecule is C=C/C=C\C(=C)n1c2c(c3ccc(C/C=C\C=C/CN/C(=C/C)CCC)cc31)=CC(c1ccc(C3C=CC(C(/C=C\C)=C/C)=CC3)cc1)CC=2. The Labute approximate surface area is 300 Å². The van der Waals surface area contributed by atoms with E-state index in [9.17, 15) is 0 Å². The Balaban J connectivity index is 1.36. The first-order chi connectivity index (χ1) is 24.5. The van der Waals surface area contributed by atoms with Crippen molar-refractivity contribution in [3.05, 3.63) is 185 Å². The predicted molar refractivity (Wildman–Crippen MR) is 220 cm³/mol. The van der Waals surface area contributed by atoms with Crippen molar-refractivity contribution in [3.63, 3.8) is 0 Å². The first-order valence-electron chi connectivity index (χ1n) is 18.3. The van der Waals surface area contributed by atoms with Crippen LogP contribution in [0.2, 0.25) is 0 Å². The summed E-state index contributed by atoms with van der Waals surface area (Å²) in [6.07, 6.45) is 40.2. The highest BCUT2D eigenvalue weighted by molar-refractivity contribution is 5.87. The molecule has 0 saturated carbocycles. The van der Waals surface area contributed by atoms with Crippen molar-refractivity contribution in [2.75, 3.05) is 6.54 Å². The molecule has 2 aliphatic rings. The lowest BCUT2D eigenvalue weighted by molar-refractivity contribution is 0.781. The van der Waals surface area contributed by atoms with Gasteiger partial charge in [0.05, 0.1) is 5.52 Å². The van der Waals surface area contributed by atoms with Gasteiger partial charge >= 0.3 is 0 Å². The lowest BCUT2D eigenvalue weighted by Gasteiger charge is -2.19. The quantitative estimate of drug-likeness (QED) is 0.161. The number of hydrogen-bond acceptors (Lipinski definition) is 1. The number of rotatable bonds is 15. The zero-order chi connectivity index (χ0) is 35.3. The van der Waals surface area contributed by atoms with E-state index in [0.717, 1.165) is 44.3 Å². The van der Waals surface area contributed by atoms with Crippen molar-refractivity contribution in [3.8, 4) is 0 Å². The van der Waals surface area contributed by atoms with Crippen molar-refractivity contribution < 1.29 is 0 Å². The fourth-order valence-corrected chi connectivity index (χ4v) is 7.02. The fourth-order valence-electron chi connectivity index (χ4n) is 7.02. The second-order valence-electron chi connectivity index (χ2n) is 13.1. The zero-order valence-corrected chi connectivity index (χ0v) is 30.5. The molecule has 2 aromatic carbocycles. The minimum absolute atomic E-state index is 0.328. The van der Waals surface area contributed by atoms with Crippen LogP contribution in [0.15, 0.2) is 158 Å². The summed E-state index contributed by atoms with van der Waals surface area (Å²) in [5.41, 5.74) is 10.1. The van der Waals surface area contributed by atoms with E-state index in [1.165, 1.54) is 55.0 Å². The summed E-state index contributed by atoms with van der Waals surface area (Å²) < 4.78 is 2.32. The molecule has 3 aromatic rings. The summed E-state index contributed by atoms with van der Waals surface area (Å²) >= 11 is 0. The molecule has 0 bridgehead atoms.